The van der Waals surface area contributed by atoms with Crippen molar-refractivity contribution in [1.29, 1.82) is 0 Å². The van der Waals surface area contributed by atoms with Crippen LogP contribution in [0.3, 0.4) is 0 Å². The molecule has 1 N–H and O–H groups in total. The Bertz CT molecular complexity index is 1030. The Hall–Kier alpha value is -2.95. The van der Waals surface area contributed by atoms with Crippen LogP contribution < -0.4 is 0 Å². The molecule has 1 saturated heterocycles. The van der Waals surface area contributed by atoms with Crippen LogP contribution >= 0.6 is 11.6 Å². The number of methoxy groups -OCH3 is 1. The number of likely N-dealkylation sites (N-methyl/N-ethyl adjacent to an activating group) is 1. The molecule has 1 aliphatic heterocycles. The van der Waals surface area contributed by atoms with Crippen LogP contribution in [-0.4, -0.2) is 53.2 Å². The van der Waals surface area contributed by atoms with Gasteiger partial charge < -0.3 is 14.7 Å². The van der Waals surface area contributed by atoms with Gasteiger partial charge in [-0.25, -0.2) is 14.2 Å². The molecule has 1 amide bonds. The summed E-state index contributed by atoms with van der Waals surface area (Å²) in [5.41, 5.74) is -1.22. The summed E-state index contributed by atoms with van der Waals surface area (Å²) in [5, 5.41) is 10.2. The number of rotatable bonds is 2. The summed E-state index contributed by atoms with van der Waals surface area (Å²) in [6.45, 7) is 0.417. The van der Waals surface area contributed by atoms with Crippen LogP contribution in [0, 0.1) is 17.7 Å². The Balaban J connectivity index is 1.99. The van der Waals surface area contributed by atoms with Gasteiger partial charge in [-0.15, -0.1) is 0 Å². The molecule has 3 rings (SSSR count). The fraction of sp³-hybridized carbons (Fsp3) is 0.250. The number of aliphatic hydroxyl groups is 1. The summed E-state index contributed by atoms with van der Waals surface area (Å²) in [5.74, 6) is 3.40. The molecule has 1 aliphatic rings. The number of amides is 1. The number of hydrogen-bond donors (Lipinski definition) is 1. The van der Waals surface area contributed by atoms with Crippen LogP contribution in [0.1, 0.15) is 22.5 Å². The van der Waals surface area contributed by atoms with E-state index in [1.165, 1.54) is 12.0 Å². The summed E-state index contributed by atoms with van der Waals surface area (Å²) in [7, 11) is 2.77. The van der Waals surface area contributed by atoms with E-state index in [0.717, 1.165) is 6.07 Å². The van der Waals surface area contributed by atoms with Gasteiger partial charge in [0, 0.05) is 31.1 Å². The lowest BCUT2D eigenvalue weighted by molar-refractivity contribution is -0.137. The van der Waals surface area contributed by atoms with Crippen LogP contribution in [0.5, 0.6) is 0 Å². The highest BCUT2D eigenvalue weighted by atomic mass is 35.5. The first-order chi connectivity index (χ1) is 13.2. The lowest BCUT2D eigenvalue weighted by Gasteiger charge is -2.13. The molecular formula is C20H16ClFN2O4. The number of halogens is 2. The number of pyridine rings is 1. The molecule has 28 heavy (non-hydrogen) atoms. The standard InChI is InChI=1S/C20H16ClFN2O4/c1-24-9-8-20(27,19(24)26)7-6-12-4-3-5-13(10-12)16-15(22)11-14(21)17(23-16)18(25)28-2/h3-5,10-11,27H,8-9H2,1-2H3. The molecule has 1 fully saturated rings. The average Bonchev–Trinajstić information content (AvgIpc) is 2.94. The monoisotopic (exact) mass is 402 g/mol. The van der Waals surface area contributed by atoms with Gasteiger partial charge in [0.25, 0.3) is 5.91 Å². The lowest BCUT2D eigenvalue weighted by atomic mass is 10.0. The third kappa shape index (κ3) is 3.70. The number of carbonyl (C=O) groups excluding carboxylic acids is 2. The van der Waals surface area contributed by atoms with E-state index in [4.69, 9.17) is 11.6 Å². The summed E-state index contributed by atoms with van der Waals surface area (Å²) in [6.07, 6.45) is 0.213. The fourth-order valence-electron chi connectivity index (χ4n) is 2.80. The van der Waals surface area contributed by atoms with E-state index in [1.54, 1.807) is 31.3 Å². The number of benzene rings is 1. The van der Waals surface area contributed by atoms with Gasteiger partial charge in [0.05, 0.1) is 12.1 Å². The van der Waals surface area contributed by atoms with E-state index in [0.29, 0.717) is 17.7 Å². The zero-order valence-corrected chi connectivity index (χ0v) is 15.9. The maximum absolute atomic E-state index is 14.4. The Morgan fingerprint density at radius 3 is 2.82 bits per heavy atom. The molecule has 0 saturated carbocycles. The first-order valence-corrected chi connectivity index (χ1v) is 8.69. The highest BCUT2D eigenvalue weighted by Crippen LogP contribution is 2.27. The van der Waals surface area contributed by atoms with Crippen LogP contribution in [-0.2, 0) is 9.53 Å². The van der Waals surface area contributed by atoms with Crippen LogP contribution in [0.25, 0.3) is 11.3 Å². The number of esters is 1. The zero-order chi connectivity index (χ0) is 20.5. The van der Waals surface area contributed by atoms with Crippen LogP contribution in [0.2, 0.25) is 5.02 Å². The minimum absolute atomic E-state index is 0.0937. The largest absolute Gasteiger partial charge is 0.464 e. The topological polar surface area (TPSA) is 79.7 Å². The molecule has 0 aliphatic carbocycles. The molecule has 1 aromatic heterocycles. The number of hydrogen-bond acceptors (Lipinski definition) is 5. The van der Waals surface area contributed by atoms with Crippen molar-refractivity contribution in [2.45, 2.75) is 12.0 Å². The number of carbonyl (C=O) groups is 2. The molecule has 1 aromatic carbocycles. The maximum atomic E-state index is 14.4. The van der Waals surface area contributed by atoms with Crippen molar-refractivity contribution in [3.8, 4) is 23.1 Å². The normalized spacial score (nSPS) is 18.6. The van der Waals surface area contributed by atoms with E-state index in [2.05, 4.69) is 21.6 Å². The second-order valence-electron chi connectivity index (χ2n) is 6.31. The quantitative estimate of drug-likeness (QED) is 0.615. The average molecular weight is 403 g/mol. The Morgan fingerprint density at radius 1 is 1.43 bits per heavy atom. The Morgan fingerprint density at radius 2 is 2.18 bits per heavy atom. The maximum Gasteiger partial charge on any atom is 0.358 e. The van der Waals surface area contributed by atoms with Crippen molar-refractivity contribution in [2.75, 3.05) is 20.7 Å². The summed E-state index contributed by atoms with van der Waals surface area (Å²) >= 11 is 5.87. The molecule has 8 heteroatoms. The number of aromatic nitrogens is 1. The van der Waals surface area contributed by atoms with Gasteiger partial charge in [0.15, 0.2) is 11.5 Å². The first kappa shape index (κ1) is 19.8. The molecule has 0 bridgehead atoms. The zero-order valence-electron chi connectivity index (χ0n) is 15.1. The molecule has 0 radical (unpaired) electrons. The fourth-order valence-corrected chi connectivity index (χ4v) is 3.01. The SMILES string of the molecule is COC(=O)c1nc(-c2cccc(C#CC3(O)CCN(C)C3=O)c2)c(F)cc1Cl. The van der Waals surface area contributed by atoms with Crippen molar-refractivity contribution in [2.24, 2.45) is 0 Å². The van der Waals surface area contributed by atoms with Gasteiger partial charge in [-0.1, -0.05) is 35.6 Å². The highest BCUT2D eigenvalue weighted by Gasteiger charge is 2.42. The summed E-state index contributed by atoms with van der Waals surface area (Å²) in [6, 6.07) is 7.40. The molecule has 2 aromatic rings. The van der Waals surface area contributed by atoms with Crippen molar-refractivity contribution in [1.82, 2.24) is 9.88 Å². The number of nitrogens with zero attached hydrogens (tertiary/aromatic N) is 2. The minimum atomic E-state index is -1.73. The van der Waals surface area contributed by atoms with Crippen LogP contribution in [0.4, 0.5) is 4.39 Å². The predicted octanol–water partition coefficient (Wildman–Crippen LogP) is 2.27. The third-order valence-corrected chi connectivity index (χ3v) is 4.66. The van der Waals surface area contributed by atoms with E-state index in [-0.39, 0.29) is 22.8 Å². The van der Waals surface area contributed by atoms with E-state index < -0.39 is 23.3 Å². The van der Waals surface area contributed by atoms with E-state index in [1.807, 2.05) is 0 Å². The van der Waals surface area contributed by atoms with Gasteiger partial charge in [-0.3, -0.25) is 4.79 Å². The van der Waals surface area contributed by atoms with Crippen molar-refractivity contribution >= 4 is 23.5 Å². The molecule has 0 spiro atoms. The highest BCUT2D eigenvalue weighted by molar-refractivity contribution is 6.33. The van der Waals surface area contributed by atoms with E-state index in [9.17, 15) is 19.1 Å². The van der Waals surface area contributed by atoms with Gasteiger partial charge in [0.1, 0.15) is 5.69 Å². The molecular weight excluding hydrogens is 387 g/mol. The molecule has 2 heterocycles. The van der Waals surface area contributed by atoms with Crippen molar-refractivity contribution < 1.29 is 23.8 Å². The third-order valence-electron chi connectivity index (χ3n) is 4.37. The minimum Gasteiger partial charge on any atom is -0.464 e. The molecule has 1 atom stereocenters. The van der Waals surface area contributed by atoms with Gasteiger partial charge >= 0.3 is 5.97 Å². The Kier molecular flexibility index (Phi) is 5.36. The second-order valence-corrected chi connectivity index (χ2v) is 6.72. The Labute approximate surface area is 165 Å². The lowest BCUT2D eigenvalue weighted by Crippen LogP contribution is -2.37. The number of ether oxygens (including phenoxy) is 1. The summed E-state index contributed by atoms with van der Waals surface area (Å²) < 4.78 is 19.0. The molecule has 144 valence electrons. The van der Waals surface area contributed by atoms with Gasteiger partial charge in [-0.2, -0.15) is 0 Å². The number of likely N-dealkylation sites (tertiary alicyclic amines) is 1. The second kappa shape index (κ2) is 7.58. The van der Waals surface area contributed by atoms with Crippen molar-refractivity contribution in [3.63, 3.8) is 0 Å². The molecule has 6 nitrogen and oxygen atoms in total. The van der Waals surface area contributed by atoms with Crippen molar-refractivity contribution in [3.05, 3.63) is 52.4 Å². The van der Waals surface area contributed by atoms with Gasteiger partial charge in [0.2, 0.25) is 5.60 Å². The summed E-state index contributed by atoms with van der Waals surface area (Å²) in [4.78, 5) is 29.2. The predicted molar refractivity (Wildman–Crippen MR) is 100 cm³/mol. The van der Waals surface area contributed by atoms with E-state index >= 15 is 0 Å². The van der Waals surface area contributed by atoms with Gasteiger partial charge in [-0.05, 0) is 18.2 Å². The van der Waals surface area contributed by atoms with Crippen LogP contribution in [0.15, 0.2) is 30.3 Å². The smallest absolute Gasteiger partial charge is 0.358 e. The first-order valence-electron chi connectivity index (χ1n) is 8.31. The molecule has 1 unspecified atom stereocenters.